The zero-order valence-corrected chi connectivity index (χ0v) is 11.1. The smallest absolute Gasteiger partial charge is 0.134 e. The van der Waals surface area contributed by atoms with Crippen LogP contribution >= 0.6 is 23.4 Å². The molecule has 0 atom stereocenters. The van der Waals surface area contributed by atoms with Crippen molar-refractivity contribution in [2.24, 2.45) is 0 Å². The fraction of sp³-hybridized carbons (Fsp3) is 0.0667. The standard InChI is InChI=1S/C15H11ClOS/c16-13-6-2-4-8-15(13)18-10-11-9-17-14-7-3-1-5-12(11)14/h1-9H,10H2/i1D. The van der Waals surface area contributed by atoms with Crippen molar-refractivity contribution >= 4 is 34.3 Å². The molecule has 0 radical (unpaired) electrons. The molecule has 3 rings (SSSR count). The van der Waals surface area contributed by atoms with Gasteiger partial charge in [-0.1, -0.05) is 41.9 Å². The second kappa shape index (κ2) is 5.09. The fourth-order valence-electron chi connectivity index (χ4n) is 1.80. The molecule has 0 spiro atoms. The molecule has 0 aliphatic carbocycles. The molecule has 2 aromatic carbocycles. The van der Waals surface area contributed by atoms with Gasteiger partial charge in [0.25, 0.3) is 0 Å². The molecule has 0 unspecified atom stereocenters. The summed E-state index contributed by atoms with van der Waals surface area (Å²) in [6.45, 7) is 0. The Morgan fingerprint density at radius 1 is 1.17 bits per heavy atom. The van der Waals surface area contributed by atoms with Crippen molar-refractivity contribution in [3.8, 4) is 0 Å². The third-order valence-corrected chi connectivity index (χ3v) is 4.28. The lowest BCUT2D eigenvalue weighted by atomic mass is 10.2. The van der Waals surface area contributed by atoms with Crippen LogP contribution in [0.4, 0.5) is 0 Å². The Morgan fingerprint density at radius 3 is 2.94 bits per heavy atom. The van der Waals surface area contributed by atoms with Crippen LogP contribution in [-0.2, 0) is 5.75 Å². The van der Waals surface area contributed by atoms with Gasteiger partial charge in [-0.25, -0.2) is 0 Å². The van der Waals surface area contributed by atoms with Crippen molar-refractivity contribution in [1.82, 2.24) is 0 Å². The molecule has 0 saturated carbocycles. The van der Waals surface area contributed by atoms with E-state index < -0.39 is 0 Å². The van der Waals surface area contributed by atoms with E-state index in [0.717, 1.165) is 32.2 Å². The van der Waals surface area contributed by atoms with Crippen LogP contribution in [-0.4, -0.2) is 0 Å². The Labute approximate surface area is 116 Å². The SMILES string of the molecule is [2H]c1ccc2occ(CSc3ccccc3Cl)c2c1. The second-order valence-electron chi connectivity index (χ2n) is 3.90. The first-order valence-electron chi connectivity index (χ1n) is 6.08. The minimum Gasteiger partial charge on any atom is -0.464 e. The summed E-state index contributed by atoms with van der Waals surface area (Å²) < 4.78 is 13.2. The summed E-state index contributed by atoms with van der Waals surface area (Å²) >= 11 is 7.81. The minimum absolute atomic E-state index is 0.498. The number of hydrogen-bond acceptors (Lipinski definition) is 2. The van der Waals surface area contributed by atoms with Gasteiger partial charge >= 0.3 is 0 Å². The van der Waals surface area contributed by atoms with E-state index in [1.165, 1.54) is 0 Å². The number of thioether (sulfide) groups is 1. The van der Waals surface area contributed by atoms with Crippen LogP contribution < -0.4 is 0 Å². The number of hydrogen-bond donors (Lipinski definition) is 0. The molecular formula is C15H11ClOS. The molecule has 1 nitrogen and oxygen atoms in total. The Balaban J connectivity index is 1.86. The van der Waals surface area contributed by atoms with Crippen molar-refractivity contribution in [2.75, 3.05) is 0 Å². The molecule has 3 aromatic rings. The number of para-hydroxylation sites is 1. The van der Waals surface area contributed by atoms with E-state index in [1.807, 2.05) is 36.4 Å². The summed E-state index contributed by atoms with van der Waals surface area (Å²) in [6, 6.07) is 13.7. The summed E-state index contributed by atoms with van der Waals surface area (Å²) in [7, 11) is 0. The molecule has 18 heavy (non-hydrogen) atoms. The molecule has 1 heterocycles. The maximum Gasteiger partial charge on any atom is 0.134 e. The average molecular weight is 276 g/mol. The Morgan fingerprint density at radius 2 is 2.06 bits per heavy atom. The van der Waals surface area contributed by atoms with Crippen molar-refractivity contribution in [2.45, 2.75) is 10.6 Å². The third kappa shape index (κ3) is 2.26. The van der Waals surface area contributed by atoms with Gasteiger partial charge in [-0.05, 0) is 18.2 Å². The van der Waals surface area contributed by atoms with Crippen LogP contribution in [0.5, 0.6) is 0 Å². The summed E-state index contributed by atoms with van der Waals surface area (Å²) in [5, 5.41) is 1.77. The molecule has 0 N–H and O–H groups in total. The van der Waals surface area contributed by atoms with E-state index in [9.17, 15) is 0 Å². The first-order valence-corrected chi connectivity index (χ1v) is 6.94. The van der Waals surface area contributed by atoms with Crippen LogP contribution in [0.25, 0.3) is 11.0 Å². The first kappa shape index (κ1) is 10.5. The van der Waals surface area contributed by atoms with Gasteiger partial charge in [0.1, 0.15) is 5.58 Å². The predicted octanol–water partition coefficient (Wildman–Crippen LogP) is 5.38. The van der Waals surface area contributed by atoms with Crippen LogP contribution in [0, 0.1) is 0 Å². The number of halogens is 1. The molecule has 0 amide bonds. The molecule has 0 fully saturated rings. The molecule has 0 aliphatic rings. The summed E-state index contributed by atoms with van der Waals surface area (Å²) in [5.74, 6) is 0.778. The van der Waals surface area contributed by atoms with Gasteiger partial charge in [0.2, 0.25) is 0 Å². The molecule has 1 aromatic heterocycles. The largest absolute Gasteiger partial charge is 0.464 e. The Bertz CT molecular complexity index is 723. The van der Waals surface area contributed by atoms with E-state index in [1.54, 1.807) is 24.1 Å². The Kier molecular flexibility index (Phi) is 2.98. The quantitative estimate of drug-likeness (QED) is 0.596. The molecule has 0 bridgehead atoms. The van der Waals surface area contributed by atoms with Gasteiger partial charge in [-0.3, -0.25) is 0 Å². The Hall–Kier alpha value is -1.38. The van der Waals surface area contributed by atoms with Gasteiger partial charge < -0.3 is 4.42 Å². The molecule has 3 heteroatoms. The monoisotopic (exact) mass is 275 g/mol. The highest BCUT2D eigenvalue weighted by atomic mass is 35.5. The summed E-state index contributed by atoms with van der Waals surface area (Å²) in [6.07, 6.45) is 1.76. The van der Waals surface area contributed by atoms with Crippen LogP contribution in [0.15, 0.2) is 64.1 Å². The van der Waals surface area contributed by atoms with Crippen molar-refractivity contribution in [3.63, 3.8) is 0 Å². The topological polar surface area (TPSA) is 13.1 Å². The van der Waals surface area contributed by atoms with Gasteiger partial charge in [-0.15, -0.1) is 11.8 Å². The van der Waals surface area contributed by atoms with Gasteiger partial charge in [0.15, 0.2) is 0 Å². The van der Waals surface area contributed by atoms with Crippen molar-refractivity contribution in [3.05, 3.63) is 65.4 Å². The average Bonchev–Trinajstić information content (AvgIpc) is 2.80. The minimum atomic E-state index is 0.498. The lowest BCUT2D eigenvalue weighted by Gasteiger charge is -2.02. The van der Waals surface area contributed by atoms with Crippen molar-refractivity contribution < 1.29 is 5.79 Å². The number of benzene rings is 2. The number of rotatable bonds is 3. The van der Waals surface area contributed by atoms with Crippen molar-refractivity contribution in [1.29, 1.82) is 0 Å². The first-order chi connectivity index (χ1) is 9.24. The molecular weight excluding hydrogens is 264 g/mol. The van der Waals surface area contributed by atoms with E-state index in [-0.39, 0.29) is 0 Å². The highest BCUT2D eigenvalue weighted by Crippen LogP contribution is 2.32. The summed E-state index contributed by atoms with van der Waals surface area (Å²) in [5.41, 5.74) is 1.92. The molecule has 0 aliphatic heterocycles. The third-order valence-electron chi connectivity index (χ3n) is 2.72. The van der Waals surface area contributed by atoms with Crippen LogP contribution in [0.1, 0.15) is 6.93 Å². The van der Waals surface area contributed by atoms with Gasteiger partial charge in [-0.2, -0.15) is 0 Å². The fourth-order valence-corrected chi connectivity index (χ4v) is 3.01. The summed E-state index contributed by atoms with van der Waals surface area (Å²) in [4.78, 5) is 1.06. The lowest BCUT2D eigenvalue weighted by molar-refractivity contribution is 0.612. The van der Waals surface area contributed by atoms with Crippen LogP contribution in [0.3, 0.4) is 0 Å². The highest BCUT2D eigenvalue weighted by Gasteiger charge is 2.06. The maximum absolute atomic E-state index is 7.67. The van der Waals surface area contributed by atoms with E-state index in [0.29, 0.717) is 6.04 Å². The van der Waals surface area contributed by atoms with E-state index in [2.05, 4.69) is 0 Å². The van der Waals surface area contributed by atoms with E-state index in [4.69, 9.17) is 17.4 Å². The predicted molar refractivity (Wildman–Crippen MR) is 77.2 cm³/mol. The van der Waals surface area contributed by atoms with Gasteiger partial charge in [0, 0.05) is 21.6 Å². The maximum atomic E-state index is 7.67. The number of furan rings is 1. The zero-order valence-electron chi connectivity index (χ0n) is 10.5. The molecule has 0 saturated heterocycles. The van der Waals surface area contributed by atoms with E-state index >= 15 is 0 Å². The normalized spacial score (nSPS) is 11.7. The second-order valence-corrected chi connectivity index (χ2v) is 5.33. The number of fused-ring (bicyclic) bond motifs is 1. The molecule has 90 valence electrons. The highest BCUT2D eigenvalue weighted by molar-refractivity contribution is 7.98. The van der Waals surface area contributed by atoms with Crippen LogP contribution in [0.2, 0.25) is 5.02 Å². The zero-order chi connectivity index (χ0) is 13.2. The lowest BCUT2D eigenvalue weighted by Crippen LogP contribution is -1.79. The van der Waals surface area contributed by atoms with Gasteiger partial charge in [0.05, 0.1) is 12.7 Å².